The van der Waals surface area contributed by atoms with E-state index < -0.39 is 5.97 Å². The van der Waals surface area contributed by atoms with Gasteiger partial charge in [0.25, 0.3) is 0 Å². The topological polar surface area (TPSA) is 97.1 Å². The Morgan fingerprint density at radius 2 is 2.15 bits per heavy atom. The van der Waals surface area contributed by atoms with Gasteiger partial charge in [0.05, 0.1) is 12.7 Å². The zero-order chi connectivity index (χ0) is 15.1. The van der Waals surface area contributed by atoms with Gasteiger partial charge in [-0.2, -0.15) is 0 Å². The number of nitrogens with zero attached hydrogens (tertiary/aromatic N) is 3. The fourth-order valence-electron chi connectivity index (χ4n) is 1.99. The molecule has 0 saturated heterocycles. The summed E-state index contributed by atoms with van der Waals surface area (Å²) in [6.07, 6.45) is 2.99. The van der Waals surface area contributed by atoms with Gasteiger partial charge in [0.2, 0.25) is 5.91 Å². The van der Waals surface area contributed by atoms with Crippen LogP contribution in [0.25, 0.3) is 0 Å². The second kappa shape index (κ2) is 7.62. The van der Waals surface area contributed by atoms with Gasteiger partial charge >= 0.3 is 5.97 Å². The number of carboxylic acid groups (broad SMARTS) is 1. The summed E-state index contributed by atoms with van der Waals surface area (Å²) in [6, 6.07) is 0. The van der Waals surface area contributed by atoms with E-state index in [4.69, 9.17) is 5.11 Å². The molecule has 7 nitrogen and oxygen atoms in total. The van der Waals surface area contributed by atoms with Crippen molar-refractivity contribution in [3.05, 3.63) is 11.9 Å². The summed E-state index contributed by atoms with van der Waals surface area (Å²) in [7, 11) is 0. The lowest BCUT2D eigenvalue weighted by Crippen LogP contribution is -2.26. The third kappa shape index (κ3) is 5.38. The molecule has 0 aliphatic rings. The van der Waals surface area contributed by atoms with Crippen molar-refractivity contribution in [2.24, 2.45) is 11.8 Å². The maximum absolute atomic E-state index is 11.8. The van der Waals surface area contributed by atoms with Crippen LogP contribution in [0.3, 0.4) is 0 Å². The highest BCUT2D eigenvalue weighted by molar-refractivity contribution is 5.76. The Hall–Kier alpha value is -1.92. The number of hydrogen-bond acceptors (Lipinski definition) is 4. The van der Waals surface area contributed by atoms with Crippen LogP contribution >= 0.6 is 0 Å². The predicted molar refractivity (Wildman–Crippen MR) is 72.7 cm³/mol. The van der Waals surface area contributed by atoms with Gasteiger partial charge < -0.3 is 10.4 Å². The molecule has 7 heteroatoms. The van der Waals surface area contributed by atoms with Crippen molar-refractivity contribution >= 4 is 11.9 Å². The lowest BCUT2D eigenvalue weighted by Gasteiger charge is -2.17. The summed E-state index contributed by atoms with van der Waals surface area (Å²) in [5.74, 6) is -0.147. The van der Waals surface area contributed by atoms with Gasteiger partial charge in [0.1, 0.15) is 12.2 Å². The van der Waals surface area contributed by atoms with Crippen molar-refractivity contribution in [3.63, 3.8) is 0 Å². The molecule has 1 unspecified atom stereocenters. The van der Waals surface area contributed by atoms with Crippen LogP contribution < -0.4 is 5.32 Å². The van der Waals surface area contributed by atoms with Crippen LogP contribution in [0.1, 0.15) is 39.3 Å². The largest absolute Gasteiger partial charge is 0.480 e. The Morgan fingerprint density at radius 3 is 2.70 bits per heavy atom. The average Bonchev–Trinajstić information content (AvgIpc) is 2.79. The smallest absolute Gasteiger partial charge is 0.325 e. The number of aromatic nitrogens is 3. The maximum Gasteiger partial charge on any atom is 0.325 e. The second-order valence-electron chi connectivity index (χ2n) is 5.19. The van der Waals surface area contributed by atoms with Crippen LogP contribution in [-0.2, 0) is 22.7 Å². The van der Waals surface area contributed by atoms with Gasteiger partial charge in [-0.25, -0.2) is 4.68 Å². The van der Waals surface area contributed by atoms with Crippen LogP contribution in [0.15, 0.2) is 6.20 Å². The van der Waals surface area contributed by atoms with Gasteiger partial charge in [0.15, 0.2) is 0 Å². The number of aliphatic carboxylic acids is 1. The minimum absolute atomic E-state index is 0.0154. The maximum atomic E-state index is 11.8. The fourth-order valence-corrected chi connectivity index (χ4v) is 1.99. The molecule has 0 aromatic carbocycles. The normalized spacial score (nSPS) is 12.4. The Morgan fingerprint density at radius 1 is 1.45 bits per heavy atom. The molecule has 1 aromatic heterocycles. The van der Waals surface area contributed by atoms with Gasteiger partial charge in [-0.1, -0.05) is 32.4 Å². The van der Waals surface area contributed by atoms with E-state index in [9.17, 15) is 9.59 Å². The van der Waals surface area contributed by atoms with E-state index in [0.717, 1.165) is 6.42 Å². The first kappa shape index (κ1) is 16.1. The van der Waals surface area contributed by atoms with E-state index >= 15 is 0 Å². The number of carbonyl (C=O) groups is 2. The van der Waals surface area contributed by atoms with Crippen molar-refractivity contribution in [1.29, 1.82) is 0 Å². The molecule has 1 aromatic rings. The summed E-state index contributed by atoms with van der Waals surface area (Å²) in [5, 5.41) is 18.9. The van der Waals surface area contributed by atoms with Crippen LogP contribution in [0.5, 0.6) is 0 Å². The third-order valence-electron chi connectivity index (χ3n) is 3.26. The molecule has 0 aliphatic heterocycles. The van der Waals surface area contributed by atoms with E-state index in [0.29, 0.717) is 24.0 Å². The van der Waals surface area contributed by atoms with Gasteiger partial charge in [0, 0.05) is 6.42 Å². The molecule has 1 rings (SSSR count). The van der Waals surface area contributed by atoms with E-state index in [2.05, 4.69) is 36.4 Å². The number of nitrogens with one attached hydrogen (secondary N) is 1. The number of rotatable bonds is 8. The first-order valence-electron chi connectivity index (χ1n) is 6.79. The summed E-state index contributed by atoms with van der Waals surface area (Å²) < 4.78 is 1.23. The second-order valence-corrected chi connectivity index (χ2v) is 5.19. The van der Waals surface area contributed by atoms with Crippen LogP contribution in [0.2, 0.25) is 0 Å². The summed E-state index contributed by atoms with van der Waals surface area (Å²) in [5.41, 5.74) is 0.553. The minimum Gasteiger partial charge on any atom is -0.480 e. The molecule has 0 saturated carbocycles. The highest BCUT2D eigenvalue weighted by Gasteiger charge is 2.15. The predicted octanol–water partition coefficient (Wildman–Crippen LogP) is 1.05. The molecule has 1 amide bonds. The fraction of sp³-hybridized carbons (Fsp3) is 0.692. The molecular formula is C13H22N4O3. The summed E-state index contributed by atoms with van der Waals surface area (Å²) in [6.45, 7) is 6.34. The first-order chi connectivity index (χ1) is 9.42. The van der Waals surface area contributed by atoms with Crippen molar-refractivity contribution in [2.45, 2.75) is 46.7 Å². The molecule has 0 aliphatic carbocycles. The zero-order valence-corrected chi connectivity index (χ0v) is 12.2. The number of carbonyl (C=O) groups excluding carboxylic acids is 1. The molecule has 20 heavy (non-hydrogen) atoms. The van der Waals surface area contributed by atoms with Crippen LogP contribution in [0, 0.1) is 11.8 Å². The number of carboxylic acids is 1. The lowest BCUT2D eigenvalue weighted by molar-refractivity contribution is -0.138. The molecule has 2 N–H and O–H groups in total. The Kier molecular flexibility index (Phi) is 6.14. The van der Waals surface area contributed by atoms with Crippen molar-refractivity contribution in [1.82, 2.24) is 20.3 Å². The highest BCUT2D eigenvalue weighted by atomic mass is 16.4. The van der Waals surface area contributed by atoms with Crippen molar-refractivity contribution in [2.75, 3.05) is 0 Å². The number of hydrogen-bond donors (Lipinski definition) is 2. The first-order valence-corrected chi connectivity index (χ1v) is 6.79. The number of amides is 1. The quantitative estimate of drug-likeness (QED) is 0.743. The molecule has 0 spiro atoms. The molecule has 1 atom stereocenters. The molecule has 0 fully saturated rings. The van der Waals surface area contributed by atoms with E-state index in [-0.39, 0.29) is 19.0 Å². The molecule has 0 bridgehead atoms. The molecule has 0 radical (unpaired) electrons. The average molecular weight is 282 g/mol. The van der Waals surface area contributed by atoms with Crippen LogP contribution in [-0.4, -0.2) is 32.0 Å². The Bertz CT molecular complexity index is 456. The Balaban J connectivity index is 2.40. The van der Waals surface area contributed by atoms with Gasteiger partial charge in [-0.3, -0.25) is 9.59 Å². The third-order valence-corrected chi connectivity index (χ3v) is 3.26. The monoisotopic (exact) mass is 282 g/mol. The van der Waals surface area contributed by atoms with Crippen LogP contribution in [0.4, 0.5) is 0 Å². The lowest BCUT2D eigenvalue weighted by atomic mass is 9.90. The van der Waals surface area contributed by atoms with E-state index in [1.54, 1.807) is 0 Å². The SMILES string of the molecule is CCC(CC(=O)NCc1cn(CC(=O)O)nn1)C(C)C. The standard InChI is InChI=1S/C13H22N4O3/c1-4-10(9(2)3)5-12(18)14-6-11-7-17(16-15-11)8-13(19)20/h7,9-10H,4-6,8H2,1-3H3,(H,14,18)(H,19,20). The molecule has 1 heterocycles. The summed E-state index contributed by atoms with van der Waals surface area (Å²) in [4.78, 5) is 22.3. The zero-order valence-electron chi connectivity index (χ0n) is 12.2. The van der Waals surface area contributed by atoms with E-state index in [1.165, 1.54) is 10.9 Å². The minimum atomic E-state index is -0.979. The van der Waals surface area contributed by atoms with Crippen molar-refractivity contribution in [3.8, 4) is 0 Å². The molecule has 112 valence electrons. The van der Waals surface area contributed by atoms with E-state index in [1.807, 2.05) is 0 Å². The Labute approximate surface area is 118 Å². The van der Waals surface area contributed by atoms with Gasteiger partial charge in [-0.15, -0.1) is 5.10 Å². The highest BCUT2D eigenvalue weighted by Crippen LogP contribution is 2.18. The van der Waals surface area contributed by atoms with Crippen molar-refractivity contribution < 1.29 is 14.7 Å². The summed E-state index contributed by atoms with van der Waals surface area (Å²) >= 11 is 0. The molecular weight excluding hydrogens is 260 g/mol. The van der Waals surface area contributed by atoms with Gasteiger partial charge in [-0.05, 0) is 11.8 Å².